The number of carbonyl (C=O) groups is 1. The van der Waals surface area contributed by atoms with Crippen LogP contribution in [0.15, 0.2) is 64.1 Å². The number of carbonyl (C=O) groups excluding carboxylic acids is 1. The van der Waals surface area contributed by atoms with Gasteiger partial charge in [0.15, 0.2) is 0 Å². The van der Waals surface area contributed by atoms with Gasteiger partial charge in [-0.25, -0.2) is 14.8 Å². The van der Waals surface area contributed by atoms with Crippen molar-refractivity contribution in [3.8, 4) is 5.75 Å². The van der Waals surface area contributed by atoms with E-state index in [-0.39, 0.29) is 29.9 Å². The molecule has 0 atom stereocenters. The van der Waals surface area contributed by atoms with Crippen LogP contribution in [0.25, 0.3) is 16.7 Å². The average molecular weight is 479 g/mol. The molecule has 2 aromatic carbocycles. The third kappa shape index (κ3) is 6.76. The second-order valence-electron chi connectivity index (χ2n) is 6.77. The predicted molar refractivity (Wildman–Crippen MR) is 138 cm³/mol. The molecule has 10 heteroatoms. The van der Waals surface area contributed by atoms with Crippen LogP contribution in [0, 0.1) is 6.92 Å². The Hall–Kier alpha value is -4.47. The summed E-state index contributed by atoms with van der Waals surface area (Å²) in [7, 11) is 1.58. The Labute approximate surface area is 204 Å². The van der Waals surface area contributed by atoms with Crippen LogP contribution in [-0.4, -0.2) is 46.6 Å². The first-order valence-electron chi connectivity index (χ1n) is 11.0. The van der Waals surface area contributed by atoms with E-state index in [9.17, 15) is 9.90 Å². The number of rotatable bonds is 6. The number of fused-ring (bicyclic) bond motifs is 1. The van der Waals surface area contributed by atoms with E-state index in [1.807, 2.05) is 19.9 Å². The molecule has 0 radical (unpaired) electrons. The lowest BCUT2D eigenvalue weighted by molar-refractivity contribution is -0.137. The van der Waals surface area contributed by atoms with Crippen LogP contribution >= 0.6 is 0 Å². The van der Waals surface area contributed by atoms with Gasteiger partial charge in [-0.3, -0.25) is 0 Å². The number of methoxy groups -OCH3 is 1. The molecule has 0 fully saturated rings. The van der Waals surface area contributed by atoms with E-state index in [2.05, 4.69) is 20.0 Å². The lowest BCUT2D eigenvalue weighted by Gasteiger charge is -2.10. The van der Waals surface area contributed by atoms with Gasteiger partial charge in [-0.05, 0) is 32.0 Å². The van der Waals surface area contributed by atoms with Crippen molar-refractivity contribution in [1.29, 1.82) is 0 Å². The highest BCUT2D eigenvalue weighted by molar-refractivity contribution is 6.24. The van der Waals surface area contributed by atoms with E-state index in [1.165, 1.54) is 0 Å². The zero-order valence-corrected chi connectivity index (χ0v) is 20.4. The first-order chi connectivity index (χ1) is 16.8. The summed E-state index contributed by atoms with van der Waals surface area (Å²) in [6.07, 6.45) is 0. The SMILES string of the molecule is CC.CCOC(=O)C(/C(N)=N/C(N)=N/c1nc(C)c2cc(OC)ccc2n1)=C(\O)c1ccccc1. The second kappa shape index (κ2) is 12.7. The number of aromatic nitrogens is 2. The number of amidine groups is 1. The predicted octanol–water partition coefficient (Wildman–Crippen LogP) is 3.81. The minimum atomic E-state index is -0.848. The molecular formula is C25H30N6O4. The minimum absolute atomic E-state index is 0.0631. The third-order valence-corrected chi connectivity index (χ3v) is 4.55. The van der Waals surface area contributed by atoms with Crippen molar-refractivity contribution >= 4 is 40.4 Å². The van der Waals surface area contributed by atoms with Gasteiger partial charge in [-0.1, -0.05) is 44.2 Å². The molecule has 184 valence electrons. The molecule has 0 aliphatic carbocycles. The van der Waals surface area contributed by atoms with Crippen molar-refractivity contribution in [2.24, 2.45) is 21.5 Å². The molecule has 35 heavy (non-hydrogen) atoms. The number of ether oxygens (including phenoxy) is 2. The number of aliphatic hydroxyl groups is 1. The average Bonchev–Trinajstić information content (AvgIpc) is 2.85. The van der Waals surface area contributed by atoms with E-state index in [0.29, 0.717) is 22.5 Å². The number of aliphatic hydroxyl groups excluding tert-OH is 1. The van der Waals surface area contributed by atoms with Gasteiger partial charge in [-0.2, -0.15) is 9.98 Å². The highest BCUT2D eigenvalue weighted by atomic mass is 16.5. The molecule has 0 aliphatic heterocycles. The lowest BCUT2D eigenvalue weighted by Crippen LogP contribution is -2.27. The number of aryl methyl sites for hydroxylation is 1. The summed E-state index contributed by atoms with van der Waals surface area (Å²) < 4.78 is 10.2. The van der Waals surface area contributed by atoms with Crippen molar-refractivity contribution in [3.05, 3.63) is 65.4 Å². The molecule has 0 saturated heterocycles. The van der Waals surface area contributed by atoms with E-state index in [4.69, 9.17) is 20.9 Å². The molecule has 0 amide bonds. The first-order valence-corrected chi connectivity index (χ1v) is 11.0. The number of hydrogen-bond donors (Lipinski definition) is 3. The van der Waals surface area contributed by atoms with Crippen LogP contribution in [0.4, 0.5) is 5.95 Å². The Morgan fingerprint density at radius 3 is 2.40 bits per heavy atom. The number of guanidine groups is 1. The summed E-state index contributed by atoms with van der Waals surface area (Å²) in [6.45, 7) is 7.51. The van der Waals surface area contributed by atoms with Crippen LogP contribution in [-0.2, 0) is 9.53 Å². The molecule has 3 aromatic rings. The van der Waals surface area contributed by atoms with Crippen LogP contribution in [0.1, 0.15) is 32.0 Å². The summed E-state index contributed by atoms with van der Waals surface area (Å²) in [6, 6.07) is 13.8. The fraction of sp³-hybridized carbons (Fsp3) is 0.240. The second-order valence-corrected chi connectivity index (χ2v) is 6.77. The van der Waals surface area contributed by atoms with E-state index >= 15 is 0 Å². The normalized spacial score (nSPS) is 12.4. The van der Waals surface area contributed by atoms with E-state index < -0.39 is 11.7 Å². The Morgan fingerprint density at radius 2 is 1.77 bits per heavy atom. The summed E-state index contributed by atoms with van der Waals surface area (Å²) in [5.41, 5.74) is 13.3. The van der Waals surface area contributed by atoms with Crippen molar-refractivity contribution in [2.45, 2.75) is 27.7 Å². The molecule has 0 spiro atoms. The maximum absolute atomic E-state index is 12.5. The fourth-order valence-electron chi connectivity index (χ4n) is 3.00. The largest absolute Gasteiger partial charge is 0.506 e. The summed E-state index contributed by atoms with van der Waals surface area (Å²) in [4.78, 5) is 29.2. The smallest absolute Gasteiger partial charge is 0.345 e. The quantitative estimate of drug-likeness (QED) is 0.159. The molecule has 3 rings (SSSR count). The van der Waals surface area contributed by atoms with Crippen molar-refractivity contribution in [1.82, 2.24) is 9.97 Å². The van der Waals surface area contributed by atoms with Crippen LogP contribution in [0.5, 0.6) is 5.75 Å². The maximum Gasteiger partial charge on any atom is 0.345 e. The van der Waals surface area contributed by atoms with Gasteiger partial charge < -0.3 is 26.0 Å². The van der Waals surface area contributed by atoms with Gasteiger partial charge in [0.2, 0.25) is 5.96 Å². The molecule has 1 aromatic heterocycles. The van der Waals surface area contributed by atoms with Crippen LogP contribution in [0.3, 0.4) is 0 Å². The van der Waals surface area contributed by atoms with E-state index in [1.54, 1.807) is 63.4 Å². The van der Waals surface area contributed by atoms with Gasteiger partial charge in [-0.15, -0.1) is 0 Å². The molecule has 0 bridgehead atoms. The Bertz CT molecular complexity index is 1270. The van der Waals surface area contributed by atoms with Crippen molar-refractivity contribution in [2.75, 3.05) is 13.7 Å². The van der Waals surface area contributed by atoms with E-state index in [0.717, 1.165) is 5.39 Å². The molecule has 1 heterocycles. The summed E-state index contributed by atoms with van der Waals surface area (Å²) in [5, 5.41) is 11.5. The topological polar surface area (TPSA) is 158 Å². The molecule has 0 saturated carbocycles. The van der Waals surface area contributed by atoms with Crippen LogP contribution < -0.4 is 16.2 Å². The van der Waals surface area contributed by atoms with Gasteiger partial charge in [0.1, 0.15) is 22.9 Å². The van der Waals surface area contributed by atoms with Gasteiger partial charge >= 0.3 is 5.97 Å². The number of nitrogens with two attached hydrogens (primary N) is 2. The molecule has 0 unspecified atom stereocenters. The number of esters is 1. The number of aliphatic imine (C=N–C) groups is 2. The highest BCUT2D eigenvalue weighted by Gasteiger charge is 2.22. The summed E-state index contributed by atoms with van der Waals surface area (Å²) >= 11 is 0. The standard InChI is InChI=1S/C23H24N6O4.C2H6/c1-4-33-21(31)18(19(30)14-8-6-5-7-9-14)20(24)28-22(25)29-23-26-13(2)16-12-15(32-3)10-11-17(16)27-23;1-2/h5-12,30H,4H2,1-3H3,(H4,24,25,26,27,28,29);1-2H3/b19-18-;. The van der Waals surface area contributed by atoms with Gasteiger partial charge in [0, 0.05) is 10.9 Å². The Balaban J connectivity index is 0.00000210. The number of hydrogen-bond acceptors (Lipinski definition) is 7. The molecule has 0 aliphatic rings. The van der Waals surface area contributed by atoms with Crippen LogP contribution in [0.2, 0.25) is 0 Å². The number of nitrogens with zero attached hydrogens (tertiary/aromatic N) is 4. The molecule has 10 nitrogen and oxygen atoms in total. The molecular weight excluding hydrogens is 448 g/mol. The Kier molecular flexibility index (Phi) is 9.71. The monoisotopic (exact) mass is 478 g/mol. The summed E-state index contributed by atoms with van der Waals surface area (Å²) in [5.74, 6) is -1.16. The minimum Gasteiger partial charge on any atom is -0.506 e. The highest BCUT2D eigenvalue weighted by Crippen LogP contribution is 2.23. The zero-order chi connectivity index (χ0) is 26.0. The zero-order valence-electron chi connectivity index (χ0n) is 20.4. The molecule has 5 N–H and O–H groups in total. The fourth-order valence-corrected chi connectivity index (χ4v) is 3.00. The van der Waals surface area contributed by atoms with Crippen molar-refractivity contribution in [3.63, 3.8) is 0 Å². The number of benzene rings is 2. The first kappa shape index (κ1) is 26.8. The Morgan fingerprint density at radius 1 is 1.09 bits per heavy atom. The third-order valence-electron chi connectivity index (χ3n) is 4.55. The maximum atomic E-state index is 12.5. The lowest BCUT2D eigenvalue weighted by atomic mass is 10.1. The van der Waals surface area contributed by atoms with Gasteiger partial charge in [0.05, 0.1) is 24.9 Å². The van der Waals surface area contributed by atoms with Gasteiger partial charge in [0.25, 0.3) is 5.95 Å². The van der Waals surface area contributed by atoms with Crippen molar-refractivity contribution < 1.29 is 19.4 Å².